The molecule has 0 fully saturated rings. The summed E-state index contributed by atoms with van der Waals surface area (Å²) in [6.45, 7) is 3.57. The second-order valence-corrected chi connectivity index (χ2v) is 3.87. The van der Waals surface area contributed by atoms with E-state index in [9.17, 15) is 4.79 Å². The maximum atomic E-state index is 11.5. The number of hydrogen-bond donors (Lipinski definition) is 0. The summed E-state index contributed by atoms with van der Waals surface area (Å²) in [5.41, 5.74) is 2.38. The highest BCUT2D eigenvalue weighted by Crippen LogP contribution is 2.21. The Kier molecular flexibility index (Phi) is 3.75. The Hall–Kier alpha value is -1.84. The van der Waals surface area contributed by atoms with E-state index in [2.05, 4.69) is 11.1 Å². The molecule has 1 aromatic heterocycles. The Balaban J connectivity index is 2.00. The van der Waals surface area contributed by atoms with E-state index in [0.29, 0.717) is 19.7 Å². The predicted octanol–water partition coefficient (Wildman–Crippen LogP) is 2.33. The van der Waals surface area contributed by atoms with Crippen molar-refractivity contribution < 1.29 is 9.53 Å². The van der Waals surface area contributed by atoms with E-state index in [1.807, 2.05) is 25.3 Å². The summed E-state index contributed by atoms with van der Waals surface area (Å²) < 4.78 is 4.97. The van der Waals surface area contributed by atoms with Gasteiger partial charge in [0, 0.05) is 25.5 Å². The van der Waals surface area contributed by atoms with Crippen LogP contribution in [-0.2, 0) is 4.74 Å². The third-order valence-corrected chi connectivity index (χ3v) is 2.77. The number of carbonyl (C=O) groups is 1. The third-order valence-electron chi connectivity index (χ3n) is 2.77. The fourth-order valence-corrected chi connectivity index (χ4v) is 1.86. The molecule has 17 heavy (non-hydrogen) atoms. The van der Waals surface area contributed by atoms with Crippen molar-refractivity contribution in [1.29, 1.82) is 0 Å². The van der Waals surface area contributed by atoms with E-state index < -0.39 is 0 Å². The molecular formula is C13H16N2O2. The summed E-state index contributed by atoms with van der Waals surface area (Å²) in [5, 5.41) is 0. The molecule has 0 aromatic carbocycles. The van der Waals surface area contributed by atoms with Gasteiger partial charge >= 0.3 is 6.09 Å². The van der Waals surface area contributed by atoms with Crippen molar-refractivity contribution in [2.24, 2.45) is 0 Å². The number of amides is 1. The summed E-state index contributed by atoms with van der Waals surface area (Å²) in [5.74, 6) is 0. The maximum Gasteiger partial charge on any atom is 0.410 e. The molecule has 1 aromatic rings. The first-order chi connectivity index (χ1) is 8.31. The molecule has 4 heteroatoms. The van der Waals surface area contributed by atoms with Crippen molar-refractivity contribution >= 4 is 11.7 Å². The second kappa shape index (κ2) is 5.48. The molecule has 1 amide bonds. The highest BCUT2D eigenvalue weighted by atomic mass is 16.6. The monoisotopic (exact) mass is 232 g/mol. The van der Waals surface area contributed by atoms with E-state index in [4.69, 9.17) is 4.74 Å². The van der Waals surface area contributed by atoms with Gasteiger partial charge in [-0.3, -0.25) is 4.98 Å². The van der Waals surface area contributed by atoms with Crippen LogP contribution in [0.1, 0.15) is 18.9 Å². The lowest BCUT2D eigenvalue weighted by Gasteiger charge is -2.25. The molecule has 1 aliphatic rings. The molecule has 90 valence electrons. The Labute approximate surface area is 101 Å². The number of hydrogen-bond acceptors (Lipinski definition) is 3. The minimum Gasteiger partial charge on any atom is -0.450 e. The number of aromatic nitrogens is 1. The molecule has 0 aliphatic carbocycles. The number of ether oxygens (including phenoxy) is 1. The minimum absolute atomic E-state index is 0.228. The molecule has 0 radical (unpaired) electrons. The summed E-state index contributed by atoms with van der Waals surface area (Å²) in [4.78, 5) is 17.3. The van der Waals surface area contributed by atoms with E-state index in [0.717, 1.165) is 12.0 Å². The number of nitrogens with zero attached hydrogens (tertiary/aromatic N) is 2. The maximum absolute atomic E-state index is 11.5. The van der Waals surface area contributed by atoms with E-state index >= 15 is 0 Å². The largest absolute Gasteiger partial charge is 0.450 e. The van der Waals surface area contributed by atoms with Crippen LogP contribution in [-0.4, -0.2) is 35.7 Å². The Morgan fingerprint density at radius 1 is 1.59 bits per heavy atom. The lowest BCUT2D eigenvalue weighted by molar-refractivity contribution is 0.111. The molecule has 0 bridgehead atoms. The summed E-state index contributed by atoms with van der Waals surface area (Å²) in [6, 6.07) is 3.97. The minimum atomic E-state index is -0.228. The van der Waals surface area contributed by atoms with Crippen LogP contribution in [0.2, 0.25) is 0 Å². The number of carbonyl (C=O) groups excluding carboxylic acids is 1. The van der Waals surface area contributed by atoms with Gasteiger partial charge in [0.05, 0.1) is 6.61 Å². The highest BCUT2D eigenvalue weighted by Gasteiger charge is 2.18. The Bertz CT molecular complexity index is 415. The van der Waals surface area contributed by atoms with Crippen molar-refractivity contribution in [2.75, 3.05) is 19.7 Å². The van der Waals surface area contributed by atoms with Gasteiger partial charge in [0.2, 0.25) is 0 Å². The molecule has 2 rings (SSSR count). The van der Waals surface area contributed by atoms with Crippen LogP contribution >= 0.6 is 0 Å². The normalized spacial score (nSPS) is 15.4. The predicted molar refractivity (Wildman–Crippen MR) is 65.4 cm³/mol. The van der Waals surface area contributed by atoms with Crippen LogP contribution in [0.15, 0.2) is 30.6 Å². The molecule has 0 N–H and O–H groups in total. The highest BCUT2D eigenvalue weighted by molar-refractivity contribution is 5.72. The fourth-order valence-electron chi connectivity index (χ4n) is 1.86. The smallest absolute Gasteiger partial charge is 0.410 e. The lowest BCUT2D eigenvalue weighted by atomic mass is 10.0. The first-order valence-corrected chi connectivity index (χ1v) is 5.82. The van der Waals surface area contributed by atoms with Crippen LogP contribution in [0.4, 0.5) is 4.79 Å². The van der Waals surface area contributed by atoms with Gasteiger partial charge < -0.3 is 9.64 Å². The van der Waals surface area contributed by atoms with Gasteiger partial charge in [-0.15, -0.1) is 0 Å². The van der Waals surface area contributed by atoms with Crippen LogP contribution in [0.3, 0.4) is 0 Å². The molecule has 0 saturated heterocycles. The van der Waals surface area contributed by atoms with Crippen molar-refractivity contribution in [3.8, 4) is 0 Å². The summed E-state index contributed by atoms with van der Waals surface area (Å²) in [6.07, 6.45) is 6.31. The third kappa shape index (κ3) is 2.84. The molecule has 0 unspecified atom stereocenters. The zero-order valence-electron chi connectivity index (χ0n) is 9.93. The van der Waals surface area contributed by atoms with Gasteiger partial charge in [-0.05, 0) is 30.5 Å². The molecule has 2 heterocycles. The zero-order valence-corrected chi connectivity index (χ0v) is 9.93. The molecule has 0 saturated carbocycles. The van der Waals surface area contributed by atoms with Gasteiger partial charge in [0.1, 0.15) is 0 Å². The summed E-state index contributed by atoms with van der Waals surface area (Å²) in [7, 11) is 0. The fraction of sp³-hybridized carbons (Fsp3) is 0.385. The van der Waals surface area contributed by atoms with Gasteiger partial charge in [-0.2, -0.15) is 0 Å². The van der Waals surface area contributed by atoms with E-state index in [1.54, 1.807) is 11.1 Å². The van der Waals surface area contributed by atoms with Gasteiger partial charge in [-0.25, -0.2) is 4.79 Å². The topological polar surface area (TPSA) is 42.4 Å². The van der Waals surface area contributed by atoms with Crippen molar-refractivity contribution in [3.63, 3.8) is 0 Å². The number of rotatable bonds is 2. The van der Waals surface area contributed by atoms with Crippen LogP contribution in [0, 0.1) is 0 Å². The first kappa shape index (κ1) is 11.6. The SMILES string of the molecule is CCOC(=O)N1CC=C(c2cccnc2)CC1. The van der Waals surface area contributed by atoms with E-state index in [1.165, 1.54) is 5.57 Å². The Morgan fingerprint density at radius 2 is 2.47 bits per heavy atom. The van der Waals surface area contributed by atoms with Crippen LogP contribution < -0.4 is 0 Å². The average molecular weight is 232 g/mol. The van der Waals surface area contributed by atoms with E-state index in [-0.39, 0.29) is 6.09 Å². The average Bonchev–Trinajstić information content (AvgIpc) is 2.40. The van der Waals surface area contributed by atoms with Crippen molar-refractivity contribution in [2.45, 2.75) is 13.3 Å². The van der Waals surface area contributed by atoms with Gasteiger partial charge in [0.15, 0.2) is 0 Å². The van der Waals surface area contributed by atoms with Gasteiger partial charge in [0.25, 0.3) is 0 Å². The molecule has 4 nitrogen and oxygen atoms in total. The molecule has 0 atom stereocenters. The van der Waals surface area contributed by atoms with Crippen LogP contribution in [0.25, 0.3) is 5.57 Å². The van der Waals surface area contributed by atoms with Crippen molar-refractivity contribution in [3.05, 3.63) is 36.2 Å². The Morgan fingerprint density at radius 3 is 3.06 bits per heavy atom. The number of pyridine rings is 1. The van der Waals surface area contributed by atoms with Gasteiger partial charge in [-0.1, -0.05) is 12.1 Å². The molecular weight excluding hydrogens is 216 g/mol. The summed E-state index contributed by atoms with van der Waals surface area (Å²) >= 11 is 0. The quantitative estimate of drug-likeness (QED) is 0.786. The zero-order chi connectivity index (χ0) is 12.1. The molecule has 0 spiro atoms. The lowest BCUT2D eigenvalue weighted by Crippen LogP contribution is -2.35. The molecule has 1 aliphatic heterocycles. The standard InChI is InChI=1S/C13H16N2O2/c1-2-17-13(16)15-8-5-11(6-9-15)12-4-3-7-14-10-12/h3-5,7,10H,2,6,8-9H2,1H3. The van der Waals surface area contributed by atoms with Crippen molar-refractivity contribution in [1.82, 2.24) is 9.88 Å². The van der Waals surface area contributed by atoms with Crippen LogP contribution in [0.5, 0.6) is 0 Å². The first-order valence-electron chi connectivity index (χ1n) is 5.82. The second-order valence-electron chi connectivity index (χ2n) is 3.87.